The Labute approximate surface area is 81.7 Å². The molecule has 0 spiro atoms. The highest BCUT2D eigenvalue weighted by atomic mass is 15.2. The molecule has 0 aromatic rings. The van der Waals surface area contributed by atoms with Gasteiger partial charge >= 0.3 is 0 Å². The summed E-state index contributed by atoms with van der Waals surface area (Å²) in [6.45, 7) is 1.26. The highest BCUT2D eigenvalue weighted by molar-refractivity contribution is 4.89. The molecule has 0 aromatic carbocycles. The Bertz CT molecular complexity index is 161. The highest BCUT2D eigenvalue weighted by Gasteiger charge is 2.32. The SMILES string of the molecule is CNC(CN(C)C1CCC1)C1CC1. The minimum Gasteiger partial charge on any atom is -0.315 e. The highest BCUT2D eigenvalue weighted by Crippen LogP contribution is 2.33. The lowest BCUT2D eigenvalue weighted by Crippen LogP contribution is -2.45. The van der Waals surface area contributed by atoms with Gasteiger partial charge in [-0.15, -0.1) is 0 Å². The number of hydrogen-bond donors (Lipinski definition) is 1. The molecule has 2 aliphatic carbocycles. The molecular weight excluding hydrogens is 160 g/mol. The first-order valence-corrected chi connectivity index (χ1v) is 5.68. The predicted molar refractivity (Wildman–Crippen MR) is 55.8 cm³/mol. The molecule has 1 N–H and O–H groups in total. The molecular formula is C11H22N2. The van der Waals surface area contributed by atoms with E-state index in [9.17, 15) is 0 Å². The zero-order valence-corrected chi connectivity index (χ0v) is 8.92. The maximum Gasteiger partial charge on any atom is 0.0220 e. The lowest BCUT2D eigenvalue weighted by Gasteiger charge is -2.36. The summed E-state index contributed by atoms with van der Waals surface area (Å²) in [5, 5.41) is 3.46. The van der Waals surface area contributed by atoms with Crippen molar-refractivity contribution in [2.75, 3.05) is 20.6 Å². The first-order chi connectivity index (χ1) is 6.31. The van der Waals surface area contributed by atoms with Gasteiger partial charge in [0.2, 0.25) is 0 Å². The summed E-state index contributed by atoms with van der Waals surface area (Å²) in [6.07, 6.45) is 7.20. The van der Waals surface area contributed by atoms with Gasteiger partial charge in [-0.25, -0.2) is 0 Å². The molecule has 0 radical (unpaired) electrons. The Hall–Kier alpha value is -0.0800. The summed E-state index contributed by atoms with van der Waals surface area (Å²) in [7, 11) is 4.40. The van der Waals surface area contributed by atoms with Gasteiger partial charge in [-0.1, -0.05) is 6.42 Å². The first-order valence-electron chi connectivity index (χ1n) is 5.68. The van der Waals surface area contributed by atoms with Gasteiger partial charge in [0.1, 0.15) is 0 Å². The summed E-state index contributed by atoms with van der Waals surface area (Å²) < 4.78 is 0. The van der Waals surface area contributed by atoms with Crippen LogP contribution in [-0.4, -0.2) is 37.6 Å². The van der Waals surface area contributed by atoms with E-state index in [-0.39, 0.29) is 0 Å². The average Bonchev–Trinajstić information content (AvgIpc) is 2.79. The van der Waals surface area contributed by atoms with Gasteiger partial charge in [0.25, 0.3) is 0 Å². The van der Waals surface area contributed by atoms with Gasteiger partial charge in [0, 0.05) is 18.6 Å². The van der Waals surface area contributed by atoms with E-state index >= 15 is 0 Å². The monoisotopic (exact) mass is 182 g/mol. The third-order valence-electron chi connectivity index (χ3n) is 3.74. The number of likely N-dealkylation sites (N-methyl/N-ethyl adjacent to an activating group) is 2. The Morgan fingerprint density at radius 1 is 1.31 bits per heavy atom. The Kier molecular flexibility index (Phi) is 2.89. The van der Waals surface area contributed by atoms with Crippen LogP contribution in [-0.2, 0) is 0 Å². The van der Waals surface area contributed by atoms with Gasteiger partial charge in [0.05, 0.1) is 0 Å². The predicted octanol–water partition coefficient (Wildman–Crippen LogP) is 1.47. The second-order valence-electron chi connectivity index (χ2n) is 4.76. The molecule has 2 saturated carbocycles. The summed E-state index contributed by atoms with van der Waals surface area (Å²) in [4.78, 5) is 2.56. The molecule has 2 rings (SSSR count). The third-order valence-corrected chi connectivity index (χ3v) is 3.74. The molecule has 2 nitrogen and oxygen atoms in total. The first kappa shape index (κ1) is 9.47. The second kappa shape index (κ2) is 3.97. The molecule has 0 aliphatic heterocycles. The molecule has 2 fully saturated rings. The lowest BCUT2D eigenvalue weighted by atomic mass is 9.91. The van der Waals surface area contributed by atoms with Crippen LogP contribution in [0.2, 0.25) is 0 Å². The minimum absolute atomic E-state index is 0.755. The van der Waals surface area contributed by atoms with Crippen molar-refractivity contribution >= 4 is 0 Å². The van der Waals surface area contributed by atoms with Crippen LogP contribution in [0, 0.1) is 5.92 Å². The lowest BCUT2D eigenvalue weighted by molar-refractivity contribution is 0.142. The van der Waals surface area contributed by atoms with Crippen LogP contribution in [0.15, 0.2) is 0 Å². The van der Waals surface area contributed by atoms with Crippen molar-refractivity contribution in [1.82, 2.24) is 10.2 Å². The van der Waals surface area contributed by atoms with Crippen LogP contribution in [0.25, 0.3) is 0 Å². The van der Waals surface area contributed by atoms with Gasteiger partial charge < -0.3 is 10.2 Å². The Morgan fingerprint density at radius 3 is 2.38 bits per heavy atom. The molecule has 13 heavy (non-hydrogen) atoms. The zero-order valence-electron chi connectivity index (χ0n) is 8.92. The Morgan fingerprint density at radius 2 is 2.00 bits per heavy atom. The van der Waals surface area contributed by atoms with Crippen molar-refractivity contribution in [2.45, 2.75) is 44.2 Å². The van der Waals surface area contributed by atoms with Crippen molar-refractivity contribution in [2.24, 2.45) is 5.92 Å². The summed E-state index contributed by atoms with van der Waals surface area (Å²) in [6, 6.07) is 1.65. The molecule has 0 bridgehead atoms. The normalized spacial score (nSPS) is 26.1. The molecule has 2 heteroatoms. The third kappa shape index (κ3) is 2.23. The van der Waals surface area contributed by atoms with Crippen LogP contribution in [0.5, 0.6) is 0 Å². The van der Waals surface area contributed by atoms with E-state index in [0.717, 1.165) is 18.0 Å². The van der Waals surface area contributed by atoms with E-state index in [2.05, 4.69) is 24.3 Å². The van der Waals surface area contributed by atoms with E-state index in [0.29, 0.717) is 0 Å². The Balaban J connectivity index is 1.73. The molecule has 2 aliphatic rings. The van der Waals surface area contributed by atoms with Crippen molar-refractivity contribution in [3.05, 3.63) is 0 Å². The largest absolute Gasteiger partial charge is 0.315 e. The summed E-state index contributed by atoms with van der Waals surface area (Å²) in [5.74, 6) is 0.979. The summed E-state index contributed by atoms with van der Waals surface area (Å²) >= 11 is 0. The van der Waals surface area contributed by atoms with E-state index in [1.165, 1.54) is 38.6 Å². The van der Waals surface area contributed by atoms with Crippen molar-refractivity contribution in [3.8, 4) is 0 Å². The standard InChI is InChI=1S/C11H22N2/c1-12-11(9-6-7-9)8-13(2)10-4-3-5-10/h9-12H,3-8H2,1-2H3. The molecule has 0 heterocycles. The van der Waals surface area contributed by atoms with Gasteiger partial charge in [-0.2, -0.15) is 0 Å². The fourth-order valence-electron chi connectivity index (χ4n) is 2.26. The quantitative estimate of drug-likeness (QED) is 0.692. The number of hydrogen-bond acceptors (Lipinski definition) is 2. The van der Waals surface area contributed by atoms with Gasteiger partial charge in [0.15, 0.2) is 0 Å². The molecule has 0 saturated heterocycles. The van der Waals surface area contributed by atoms with Crippen molar-refractivity contribution < 1.29 is 0 Å². The number of nitrogens with one attached hydrogen (secondary N) is 1. The van der Waals surface area contributed by atoms with Crippen molar-refractivity contribution in [1.29, 1.82) is 0 Å². The van der Waals surface area contributed by atoms with Gasteiger partial charge in [-0.3, -0.25) is 0 Å². The number of rotatable bonds is 5. The fourth-order valence-corrected chi connectivity index (χ4v) is 2.26. The van der Waals surface area contributed by atoms with Gasteiger partial charge in [-0.05, 0) is 45.7 Å². The topological polar surface area (TPSA) is 15.3 Å². The maximum absolute atomic E-state index is 3.46. The van der Waals surface area contributed by atoms with Crippen LogP contribution < -0.4 is 5.32 Å². The fraction of sp³-hybridized carbons (Fsp3) is 1.00. The second-order valence-corrected chi connectivity index (χ2v) is 4.76. The maximum atomic E-state index is 3.46. The van der Waals surface area contributed by atoms with E-state index < -0.39 is 0 Å². The molecule has 76 valence electrons. The van der Waals surface area contributed by atoms with Crippen LogP contribution >= 0.6 is 0 Å². The smallest absolute Gasteiger partial charge is 0.0220 e. The average molecular weight is 182 g/mol. The molecule has 0 amide bonds. The van der Waals surface area contributed by atoms with Crippen LogP contribution in [0.1, 0.15) is 32.1 Å². The number of nitrogens with zero attached hydrogens (tertiary/aromatic N) is 1. The zero-order chi connectivity index (χ0) is 9.26. The summed E-state index contributed by atoms with van der Waals surface area (Å²) in [5.41, 5.74) is 0. The van der Waals surface area contributed by atoms with E-state index in [1.807, 2.05) is 0 Å². The van der Waals surface area contributed by atoms with E-state index in [4.69, 9.17) is 0 Å². The van der Waals surface area contributed by atoms with Crippen LogP contribution in [0.4, 0.5) is 0 Å². The molecule has 1 atom stereocenters. The molecule has 1 unspecified atom stereocenters. The van der Waals surface area contributed by atoms with Crippen molar-refractivity contribution in [3.63, 3.8) is 0 Å². The minimum atomic E-state index is 0.755. The van der Waals surface area contributed by atoms with Crippen LogP contribution in [0.3, 0.4) is 0 Å². The molecule has 0 aromatic heterocycles. The van der Waals surface area contributed by atoms with E-state index in [1.54, 1.807) is 0 Å².